The quantitative estimate of drug-likeness (QED) is 0.823. The molecule has 1 fully saturated rings. The first kappa shape index (κ1) is 14.6. The maximum atomic E-state index is 3.61. The van der Waals surface area contributed by atoms with E-state index in [4.69, 9.17) is 0 Å². The Morgan fingerprint density at radius 2 is 1.90 bits per heavy atom. The Balaban J connectivity index is 1.44. The first-order valence-corrected chi connectivity index (χ1v) is 8.30. The van der Waals surface area contributed by atoms with Crippen LogP contribution in [0, 0.1) is 0 Å². The number of piperidine rings is 1. The van der Waals surface area contributed by atoms with E-state index in [9.17, 15) is 0 Å². The van der Waals surface area contributed by atoms with Crippen molar-refractivity contribution in [1.82, 2.24) is 14.8 Å². The number of fused-ring (bicyclic) bond motifs is 1. The fourth-order valence-corrected chi connectivity index (χ4v) is 3.40. The van der Waals surface area contributed by atoms with Crippen LogP contribution < -0.4 is 5.32 Å². The molecule has 3 rings (SSSR count). The van der Waals surface area contributed by atoms with Crippen molar-refractivity contribution < 1.29 is 0 Å². The van der Waals surface area contributed by atoms with Crippen molar-refractivity contribution in [3.8, 4) is 0 Å². The number of hydrogen-bond donors (Lipinski definition) is 1. The molecule has 1 aliphatic heterocycles. The summed E-state index contributed by atoms with van der Waals surface area (Å²) in [4.78, 5) is 2.61. The fraction of sp³-hybridized carbons (Fsp3) is 0.556. The van der Waals surface area contributed by atoms with Gasteiger partial charge in [-0.1, -0.05) is 24.6 Å². The van der Waals surface area contributed by atoms with Crippen LogP contribution in [0.2, 0.25) is 0 Å². The maximum absolute atomic E-state index is 3.61. The van der Waals surface area contributed by atoms with Crippen LogP contribution in [0.1, 0.15) is 31.2 Å². The molecule has 2 aromatic rings. The Hall–Kier alpha value is -1.32. The molecule has 1 N–H and O–H groups in total. The molecule has 0 aliphatic carbocycles. The summed E-state index contributed by atoms with van der Waals surface area (Å²) in [6.07, 6.45) is 7.72. The van der Waals surface area contributed by atoms with E-state index < -0.39 is 0 Å². The van der Waals surface area contributed by atoms with Crippen molar-refractivity contribution in [3.05, 3.63) is 36.0 Å². The molecule has 0 amide bonds. The third-order valence-corrected chi connectivity index (χ3v) is 4.57. The minimum Gasteiger partial charge on any atom is -0.350 e. The molecule has 0 bridgehead atoms. The van der Waals surface area contributed by atoms with E-state index in [1.807, 2.05) is 0 Å². The number of aromatic nitrogens is 1. The van der Waals surface area contributed by atoms with E-state index >= 15 is 0 Å². The highest BCUT2D eigenvalue weighted by molar-refractivity contribution is 5.83. The van der Waals surface area contributed by atoms with Crippen molar-refractivity contribution in [2.45, 2.75) is 32.2 Å². The van der Waals surface area contributed by atoms with Gasteiger partial charge in [0.25, 0.3) is 0 Å². The zero-order valence-corrected chi connectivity index (χ0v) is 13.1. The fourth-order valence-electron chi connectivity index (χ4n) is 3.40. The Bertz CT molecular complexity index is 567. The van der Waals surface area contributed by atoms with Gasteiger partial charge in [-0.2, -0.15) is 0 Å². The molecule has 0 saturated carbocycles. The van der Waals surface area contributed by atoms with Gasteiger partial charge in [0.05, 0.1) is 0 Å². The maximum Gasteiger partial charge on any atom is 0.0481 e. The SMILES string of the molecule is Cn1cc(CNCCCN2CCCCC2)c2ccccc21. The Morgan fingerprint density at radius 3 is 2.76 bits per heavy atom. The highest BCUT2D eigenvalue weighted by Crippen LogP contribution is 2.19. The summed E-state index contributed by atoms with van der Waals surface area (Å²) in [6, 6.07) is 8.65. The van der Waals surface area contributed by atoms with Gasteiger partial charge in [0.15, 0.2) is 0 Å². The highest BCUT2D eigenvalue weighted by atomic mass is 15.1. The first-order chi connectivity index (χ1) is 10.3. The second-order valence-electron chi connectivity index (χ2n) is 6.22. The van der Waals surface area contributed by atoms with E-state index in [0.29, 0.717) is 0 Å². The van der Waals surface area contributed by atoms with Crippen LogP contribution in [-0.4, -0.2) is 35.6 Å². The average molecular weight is 285 g/mol. The molecule has 0 spiro atoms. The predicted molar refractivity (Wildman–Crippen MR) is 89.5 cm³/mol. The predicted octanol–water partition coefficient (Wildman–Crippen LogP) is 3.14. The smallest absolute Gasteiger partial charge is 0.0481 e. The molecule has 1 aliphatic rings. The van der Waals surface area contributed by atoms with Crippen molar-refractivity contribution in [1.29, 1.82) is 0 Å². The summed E-state index contributed by atoms with van der Waals surface area (Å²) in [7, 11) is 2.13. The number of likely N-dealkylation sites (tertiary alicyclic amines) is 1. The number of para-hydroxylation sites is 1. The van der Waals surface area contributed by atoms with Gasteiger partial charge < -0.3 is 14.8 Å². The lowest BCUT2D eigenvalue weighted by atomic mass is 10.1. The van der Waals surface area contributed by atoms with E-state index in [-0.39, 0.29) is 0 Å². The summed E-state index contributed by atoms with van der Waals surface area (Å²) in [5, 5.41) is 4.99. The molecule has 1 aromatic heterocycles. The van der Waals surface area contributed by atoms with Crippen molar-refractivity contribution in [2.75, 3.05) is 26.2 Å². The minimum absolute atomic E-state index is 0.974. The minimum atomic E-state index is 0.974. The van der Waals surface area contributed by atoms with Gasteiger partial charge in [-0.15, -0.1) is 0 Å². The standard InChI is InChI=1S/C18H27N3/c1-20-15-16(17-8-3-4-9-18(17)20)14-19-10-7-13-21-11-5-2-6-12-21/h3-4,8-9,15,19H,2,5-7,10-14H2,1H3. The number of benzene rings is 1. The van der Waals surface area contributed by atoms with Crippen molar-refractivity contribution in [2.24, 2.45) is 7.05 Å². The highest BCUT2D eigenvalue weighted by Gasteiger charge is 2.09. The van der Waals surface area contributed by atoms with E-state index in [1.54, 1.807) is 0 Å². The molecule has 0 unspecified atom stereocenters. The van der Waals surface area contributed by atoms with E-state index in [0.717, 1.165) is 13.1 Å². The van der Waals surface area contributed by atoms with Gasteiger partial charge in [0, 0.05) is 30.7 Å². The van der Waals surface area contributed by atoms with Crippen LogP contribution in [-0.2, 0) is 13.6 Å². The second kappa shape index (κ2) is 7.10. The zero-order valence-electron chi connectivity index (χ0n) is 13.1. The molecule has 1 saturated heterocycles. The third-order valence-electron chi connectivity index (χ3n) is 4.57. The zero-order chi connectivity index (χ0) is 14.5. The van der Waals surface area contributed by atoms with Crippen LogP contribution in [0.3, 0.4) is 0 Å². The van der Waals surface area contributed by atoms with Crippen LogP contribution in [0.25, 0.3) is 10.9 Å². The summed E-state index contributed by atoms with van der Waals surface area (Å²) in [6.45, 7) is 5.95. The summed E-state index contributed by atoms with van der Waals surface area (Å²) < 4.78 is 2.22. The van der Waals surface area contributed by atoms with Gasteiger partial charge in [0.2, 0.25) is 0 Å². The Kier molecular flexibility index (Phi) is 4.94. The summed E-state index contributed by atoms with van der Waals surface area (Å²) in [5.41, 5.74) is 2.73. The molecule has 21 heavy (non-hydrogen) atoms. The van der Waals surface area contributed by atoms with Crippen LogP contribution in [0.4, 0.5) is 0 Å². The lowest BCUT2D eigenvalue weighted by molar-refractivity contribution is 0.225. The largest absolute Gasteiger partial charge is 0.350 e. The molecule has 114 valence electrons. The summed E-state index contributed by atoms with van der Waals surface area (Å²) in [5.74, 6) is 0. The monoisotopic (exact) mass is 285 g/mol. The van der Waals surface area contributed by atoms with Gasteiger partial charge in [-0.05, 0) is 57.1 Å². The average Bonchev–Trinajstić information content (AvgIpc) is 2.85. The molecule has 0 radical (unpaired) electrons. The molecule has 1 aromatic carbocycles. The summed E-state index contributed by atoms with van der Waals surface area (Å²) >= 11 is 0. The van der Waals surface area contributed by atoms with Crippen LogP contribution >= 0.6 is 0 Å². The Morgan fingerprint density at radius 1 is 1.10 bits per heavy atom. The van der Waals surface area contributed by atoms with E-state index in [2.05, 4.69) is 52.3 Å². The number of hydrogen-bond acceptors (Lipinski definition) is 2. The molecule has 3 nitrogen and oxygen atoms in total. The first-order valence-electron chi connectivity index (χ1n) is 8.30. The topological polar surface area (TPSA) is 20.2 Å². The molecule has 3 heteroatoms. The second-order valence-corrected chi connectivity index (χ2v) is 6.22. The number of aryl methyl sites for hydroxylation is 1. The lowest BCUT2D eigenvalue weighted by Crippen LogP contribution is -2.32. The molecular weight excluding hydrogens is 258 g/mol. The molecule has 2 heterocycles. The number of nitrogens with one attached hydrogen (secondary N) is 1. The number of nitrogens with zero attached hydrogens (tertiary/aromatic N) is 2. The third kappa shape index (κ3) is 3.66. The molecular formula is C18H27N3. The van der Waals surface area contributed by atoms with Crippen LogP contribution in [0.15, 0.2) is 30.5 Å². The van der Waals surface area contributed by atoms with Crippen LogP contribution in [0.5, 0.6) is 0 Å². The van der Waals surface area contributed by atoms with Crippen molar-refractivity contribution >= 4 is 10.9 Å². The van der Waals surface area contributed by atoms with Gasteiger partial charge in [-0.3, -0.25) is 0 Å². The van der Waals surface area contributed by atoms with Crippen molar-refractivity contribution in [3.63, 3.8) is 0 Å². The van der Waals surface area contributed by atoms with E-state index in [1.165, 1.54) is 61.8 Å². The van der Waals surface area contributed by atoms with Gasteiger partial charge >= 0.3 is 0 Å². The van der Waals surface area contributed by atoms with Gasteiger partial charge in [-0.25, -0.2) is 0 Å². The van der Waals surface area contributed by atoms with Gasteiger partial charge in [0.1, 0.15) is 0 Å². The molecule has 0 atom stereocenters. The lowest BCUT2D eigenvalue weighted by Gasteiger charge is -2.26. The number of rotatable bonds is 6. The Labute approximate surface area is 127 Å². The normalized spacial score (nSPS) is 16.6.